The van der Waals surface area contributed by atoms with Crippen molar-refractivity contribution in [1.82, 2.24) is 10.7 Å². The average Bonchev–Trinajstić information content (AvgIpc) is 2.54. The van der Waals surface area contributed by atoms with Gasteiger partial charge in [-0.25, -0.2) is 5.43 Å². The van der Waals surface area contributed by atoms with Gasteiger partial charge in [0.2, 0.25) is 17.7 Å². The van der Waals surface area contributed by atoms with Crippen LogP contribution in [0, 0.1) is 0 Å². The number of rotatable bonds is 4. The van der Waals surface area contributed by atoms with E-state index >= 15 is 0 Å². The van der Waals surface area contributed by atoms with Crippen LogP contribution >= 0.6 is 0 Å². The van der Waals surface area contributed by atoms with Crippen molar-refractivity contribution in [2.75, 3.05) is 5.32 Å². The Bertz CT molecular complexity index is 684. The molecule has 2 aliphatic rings. The number of carbonyl (C=O) groups excluding carboxylic acids is 3. The Labute approximate surface area is 133 Å². The van der Waals surface area contributed by atoms with E-state index in [-0.39, 0.29) is 36.6 Å². The van der Waals surface area contributed by atoms with Crippen LogP contribution in [0.1, 0.15) is 43.7 Å². The zero-order chi connectivity index (χ0) is 16.2. The topological polar surface area (TPSA) is 99.7 Å². The van der Waals surface area contributed by atoms with Gasteiger partial charge in [0.1, 0.15) is 0 Å². The van der Waals surface area contributed by atoms with E-state index in [2.05, 4.69) is 21.2 Å². The maximum Gasteiger partial charge on any atom is 0.240 e. The van der Waals surface area contributed by atoms with Gasteiger partial charge in [0.05, 0.1) is 12.5 Å². The van der Waals surface area contributed by atoms with Crippen molar-refractivity contribution in [2.45, 2.75) is 38.1 Å². The fourth-order valence-electron chi connectivity index (χ4n) is 2.76. The smallest absolute Gasteiger partial charge is 0.240 e. The highest BCUT2D eigenvalue weighted by molar-refractivity contribution is 5.96. The molecule has 0 aliphatic carbocycles. The molecule has 120 valence electrons. The molecule has 1 aromatic carbocycles. The van der Waals surface area contributed by atoms with Crippen molar-refractivity contribution in [3.05, 3.63) is 29.8 Å². The van der Waals surface area contributed by atoms with E-state index in [1.165, 1.54) is 0 Å². The normalized spacial score (nSPS) is 20.0. The molecule has 7 heteroatoms. The minimum atomic E-state index is -0.305. The van der Waals surface area contributed by atoms with E-state index in [4.69, 9.17) is 0 Å². The lowest BCUT2D eigenvalue weighted by molar-refractivity contribution is -0.122. The van der Waals surface area contributed by atoms with Crippen LogP contribution in [0.4, 0.5) is 5.69 Å². The van der Waals surface area contributed by atoms with Crippen LogP contribution in [0.15, 0.2) is 29.4 Å². The highest BCUT2D eigenvalue weighted by atomic mass is 16.2. The molecule has 0 aromatic heterocycles. The predicted octanol–water partition coefficient (Wildman–Crippen LogP) is 1.23. The molecule has 1 aromatic rings. The molecular weight excluding hydrogens is 296 g/mol. The molecule has 1 unspecified atom stereocenters. The molecule has 3 amide bonds. The molecule has 0 fully saturated rings. The first-order valence-electron chi connectivity index (χ1n) is 7.64. The summed E-state index contributed by atoms with van der Waals surface area (Å²) in [6.07, 6.45) is 2.03. The third-order valence-corrected chi connectivity index (χ3v) is 3.96. The maximum atomic E-state index is 12.1. The second-order valence-electron chi connectivity index (χ2n) is 5.67. The van der Waals surface area contributed by atoms with Gasteiger partial charge in [0.15, 0.2) is 0 Å². The van der Waals surface area contributed by atoms with Crippen molar-refractivity contribution in [3.8, 4) is 0 Å². The number of benzene rings is 1. The first kappa shape index (κ1) is 15.2. The van der Waals surface area contributed by atoms with E-state index < -0.39 is 0 Å². The van der Waals surface area contributed by atoms with Gasteiger partial charge in [-0.15, -0.1) is 0 Å². The van der Waals surface area contributed by atoms with Crippen LogP contribution < -0.4 is 16.1 Å². The van der Waals surface area contributed by atoms with Gasteiger partial charge >= 0.3 is 0 Å². The highest BCUT2D eigenvalue weighted by Gasteiger charge is 2.26. The monoisotopic (exact) mass is 314 g/mol. The van der Waals surface area contributed by atoms with Crippen molar-refractivity contribution < 1.29 is 14.4 Å². The lowest BCUT2D eigenvalue weighted by Crippen LogP contribution is -2.35. The lowest BCUT2D eigenvalue weighted by Gasteiger charge is -2.26. The van der Waals surface area contributed by atoms with Crippen LogP contribution in [0.3, 0.4) is 0 Å². The van der Waals surface area contributed by atoms with Gasteiger partial charge < -0.3 is 10.6 Å². The Morgan fingerprint density at radius 3 is 2.83 bits per heavy atom. The predicted molar refractivity (Wildman–Crippen MR) is 84.6 cm³/mol. The molecule has 2 aliphatic heterocycles. The van der Waals surface area contributed by atoms with Gasteiger partial charge in [-0.2, -0.15) is 5.10 Å². The molecule has 7 nitrogen and oxygen atoms in total. The summed E-state index contributed by atoms with van der Waals surface area (Å²) in [7, 11) is 0. The number of hydrogen-bond donors (Lipinski definition) is 3. The summed E-state index contributed by atoms with van der Waals surface area (Å²) in [5.41, 5.74) is 4.90. The van der Waals surface area contributed by atoms with Gasteiger partial charge in [0, 0.05) is 24.2 Å². The van der Waals surface area contributed by atoms with Crippen LogP contribution in [0.2, 0.25) is 0 Å². The molecular formula is C16H18N4O3. The number of amides is 3. The van der Waals surface area contributed by atoms with Crippen LogP contribution in [-0.4, -0.2) is 23.4 Å². The number of nitrogens with zero attached hydrogens (tertiary/aromatic N) is 1. The van der Waals surface area contributed by atoms with Gasteiger partial charge in [-0.3, -0.25) is 14.4 Å². The number of hydrogen-bond acceptors (Lipinski definition) is 4. The van der Waals surface area contributed by atoms with Gasteiger partial charge in [-0.05, 0) is 24.5 Å². The SMILES string of the molecule is O=C1CCC(CCC(=O)NC2CC(=O)Nc3ccccc32)=NN1. The summed E-state index contributed by atoms with van der Waals surface area (Å²) in [4.78, 5) is 34.9. The summed E-state index contributed by atoms with van der Waals surface area (Å²) in [6.45, 7) is 0. The molecule has 0 bridgehead atoms. The van der Waals surface area contributed by atoms with E-state index in [9.17, 15) is 14.4 Å². The number of fused-ring (bicyclic) bond motifs is 1. The molecule has 0 saturated heterocycles. The van der Waals surface area contributed by atoms with Crippen molar-refractivity contribution in [3.63, 3.8) is 0 Å². The van der Waals surface area contributed by atoms with E-state index in [1.807, 2.05) is 24.3 Å². The Morgan fingerprint density at radius 1 is 1.22 bits per heavy atom. The average molecular weight is 314 g/mol. The van der Waals surface area contributed by atoms with E-state index in [0.717, 1.165) is 17.0 Å². The summed E-state index contributed by atoms with van der Waals surface area (Å²) in [5.74, 6) is -0.324. The number of carbonyl (C=O) groups is 3. The quantitative estimate of drug-likeness (QED) is 0.779. The van der Waals surface area contributed by atoms with E-state index in [1.54, 1.807) is 0 Å². The Balaban J connectivity index is 1.58. The number of para-hydroxylation sites is 1. The van der Waals surface area contributed by atoms with Gasteiger partial charge in [0.25, 0.3) is 0 Å². The molecule has 0 saturated carbocycles. The van der Waals surface area contributed by atoms with Crippen molar-refractivity contribution >= 4 is 29.1 Å². The molecule has 0 spiro atoms. The van der Waals surface area contributed by atoms with Crippen LogP contribution in [-0.2, 0) is 14.4 Å². The first-order chi connectivity index (χ1) is 11.1. The number of hydrazone groups is 1. The molecule has 23 heavy (non-hydrogen) atoms. The Hall–Kier alpha value is -2.70. The highest BCUT2D eigenvalue weighted by Crippen LogP contribution is 2.30. The second-order valence-corrected chi connectivity index (χ2v) is 5.67. The standard InChI is InChI=1S/C16H18N4O3/c21-14(7-5-10-6-8-15(22)20-19-10)18-13-9-16(23)17-12-4-2-1-3-11(12)13/h1-4,13H,5-9H2,(H,17,23)(H,18,21)(H,20,22). The third kappa shape index (κ3) is 3.74. The first-order valence-corrected chi connectivity index (χ1v) is 7.64. The van der Waals surface area contributed by atoms with Crippen molar-refractivity contribution in [1.29, 1.82) is 0 Å². The Morgan fingerprint density at radius 2 is 2.04 bits per heavy atom. The zero-order valence-electron chi connectivity index (χ0n) is 12.6. The molecule has 0 radical (unpaired) electrons. The van der Waals surface area contributed by atoms with Gasteiger partial charge in [-0.1, -0.05) is 18.2 Å². The van der Waals surface area contributed by atoms with Crippen LogP contribution in [0.25, 0.3) is 0 Å². The summed E-state index contributed by atoms with van der Waals surface area (Å²) >= 11 is 0. The van der Waals surface area contributed by atoms with Crippen molar-refractivity contribution in [2.24, 2.45) is 5.10 Å². The number of nitrogens with one attached hydrogen (secondary N) is 3. The second kappa shape index (κ2) is 6.60. The lowest BCUT2D eigenvalue weighted by atomic mass is 9.97. The summed E-state index contributed by atoms with van der Waals surface area (Å²) < 4.78 is 0. The Kier molecular flexibility index (Phi) is 4.36. The molecule has 2 heterocycles. The minimum Gasteiger partial charge on any atom is -0.349 e. The summed E-state index contributed by atoms with van der Waals surface area (Å²) in [5, 5.41) is 9.66. The molecule has 3 N–H and O–H groups in total. The number of anilines is 1. The minimum absolute atomic E-state index is 0.0944. The largest absolute Gasteiger partial charge is 0.349 e. The van der Waals surface area contributed by atoms with Crippen LogP contribution in [0.5, 0.6) is 0 Å². The van der Waals surface area contributed by atoms with E-state index in [0.29, 0.717) is 19.3 Å². The summed E-state index contributed by atoms with van der Waals surface area (Å²) in [6, 6.07) is 7.15. The third-order valence-electron chi connectivity index (χ3n) is 3.96. The molecule has 3 rings (SSSR count). The zero-order valence-corrected chi connectivity index (χ0v) is 12.6. The maximum absolute atomic E-state index is 12.1. The fourth-order valence-corrected chi connectivity index (χ4v) is 2.76. The fraction of sp³-hybridized carbons (Fsp3) is 0.375. The molecule has 1 atom stereocenters.